The Kier molecular flexibility index (Phi) is 5.47. The number of nitrogens with two attached hydrogens (primary N) is 2. The first kappa shape index (κ1) is 17.2. The van der Waals surface area contributed by atoms with Gasteiger partial charge in [0.25, 0.3) is 0 Å². The molecule has 4 N–H and O–H groups in total. The summed E-state index contributed by atoms with van der Waals surface area (Å²) in [6.45, 7) is 0. The molecule has 4 heterocycles. The maximum atomic E-state index is 5.30. The molecule has 0 fully saturated rings. The van der Waals surface area contributed by atoms with Gasteiger partial charge in [-0.3, -0.25) is 0 Å². The Labute approximate surface area is 157 Å². The van der Waals surface area contributed by atoms with Crippen LogP contribution in [-0.4, -0.2) is 40.3 Å². The maximum Gasteiger partial charge on any atom is 0.240 e. The molecule has 0 aliphatic carbocycles. The molecule has 0 unspecified atom stereocenters. The zero-order valence-corrected chi connectivity index (χ0v) is 15.5. The first-order chi connectivity index (χ1) is 12.1. The standard InChI is InChI=1S/C6H4BrN5S.C6H5N5S/c7-4-2-9-5(13-4)3-1-10-6(8)12-11-3;7-6-9-3-4(10-11-6)5-8-1-2-12-5/h1-2H,(H2,8,10,12);1-3H,(H2,7,9,11). The van der Waals surface area contributed by atoms with Crippen molar-refractivity contribution >= 4 is 50.5 Å². The van der Waals surface area contributed by atoms with Crippen molar-refractivity contribution in [1.82, 2.24) is 40.3 Å². The van der Waals surface area contributed by atoms with Crippen molar-refractivity contribution < 1.29 is 0 Å². The number of nitrogens with zero attached hydrogens (tertiary/aromatic N) is 8. The van der Waals surface area contributed by atoms with Gasteiger partial charge in [0.1, 0.15) is 21.4 Å². The number of thiazole rings is 2. The zero-order chi connectivity index (χ0) is 17.6. The summed E-state index contributed by atoms with van der Waals surface area (Å²) in [5.74, 6) is 0.342. The van der Waals surface area contributed by atoms with Crippen LogP contribution >= 0.6 is 38.6 Å². The van der Waals surface area contributed by atoms with Gasteiger partial charge in [0, 0.05) is 11.6 Å². The van der Waals surface area contributed by atoms with Gasteiger partial charge in [-0.05, 0) is 15.9 Å². The van der Waals surface area contributed by atoms with Crippen molar-refractivity contribution in [3.05, 3.63) is 34.0 Å². The highest BCUT2D eigenvalue weighted by Crippen LogP contribution is 2.26. The molecule has 4 rings (SSSR count). The van der Waals surface area contributed by atoms with Gasteiger partial charge in [-0.15, -0.1) is 43.1 Å². The molecule has 0 radical (unpaired) electrons. The van der Waals surface area contributed by atoms with Gasteiger partial charge in [0.05, 0.1) is 22.4 Å². The van der Waals surface area contributed by atoms with E-state index in [9.17, 15) is 0 Å². The average Bonchev–Trinajstić information content (AvgIpc) is 3.29. The monoisotopic (exact) mass is 436 g/mol. The lowest BCUT2D eigenvalue weighted by atomic mass is 10.5. The van der Waals surface area contributed by atoms with Gasteiger partial charge in [-0.1, -0.05) is 0 Å². The van der Waals surface area contributed by atoms with Crippen LogP contribution in [0.4, 0.5) is 11.9 Å². The van der Waals surface area contributed by atoms with Crippen LogP contribution < -0.4 is 11.5 Å². The van der Waals surface area contributed by atoms with E-state index in [0.29, 0.717) is 11.4 Å². The van der Waals surface area contributed by atoms with Crippen LogP contribution in [0.3, 0.4) is 0 Å². The van der Waals surface area contributed by atoms with Crippen LogP contribution in [-0.2, 0) is 0 Å². The van der Waals surface area contributed by atoms with Crippen molar-refractivity contribution in [3.63, 3.8) is 0 Å². The van der Waals surface area contributed by atoms with E-state index >= 15 is 0 Å². The number of hydrogen-bond donors (Lipinski definition) is 2. The normalized spacial score (nSPS) is 10.1. The second-order valence-electron chi connectivity index (χ2n) is 4.21. The molecule has 0 bridgehead atoms. The van der Waals surface area contributed by atoms with Gasteiger partial charge in [-0.2, -0.15) is 0 Å². The molecule has 25 heavy (non-hydrogen) atoms. The third-order valence-electron chi connectivity index (χ3n) is 2.51. The largest absolute Gasteiger partial charge is 0.366 e. The molecule has 4 aromatic rings. The van der Waals surface area contributed by atoms with Crippen LogP contribution in [0.1, 0.15) is 0 Å². The fourth-order valence-electron chi connectivity index (χ4n) is 1.49. The minimum atomic E-state index is 0.166. The number of hydrogen-bond acceptors (Lipinski definition) is 12. The zero-order valence-electron chi connectivity index (χ0n) is 12.3. The molecule has 10 nitrogen and oxygen atoms in total. The lowest BCUT2D eigenvalue weighted by Gasteiger charge is -1.92. The third-order valence-corrected chi connectivity index (χ3v) is 4.80. The number of nitrogen functional groups attached to an aromatic ring is 2. The Bertz CT molecular complexity index is 923. The van der Waals surface area contributed by atoms with E-state index < -0.39 is 0 Å². The summed E-state index contributed by atoms with van der Waals surface area (Å²) in [4.78, 5) is 15.8. The van der Waals surface area contributed by atoms with Crippen molar-refractivity contribution in [2.75, 3.05) is 11.5 Å². The highest BCUT2D eigenvalue weighted by Gasteiger charge is 2.05. The Morgan fingerprint density at radius 2 is 1.40 bits per heavy atom. The average molecular weight is 437 g/mol. The summed E-state index contributed by atoms with van der Waals surface area (Å²) in [5.41, 5.74) is 11.9. The quantitative estimate of drug-likeness (QED) is 0.475. The molecule has 0 aliphatic rings. The number of rotatable bonds is 2. The van der Waals surface area contributed by atoms with Crippen LogP contribution in [0, 0.1) is 0 Å². The fraction of sp³-hybridized carbons (Fsp3) is 0. The molecule has 0 atom stereocenters. The van der Waals surface area contributed by atoms with E-state index in [1.165, 1.54) is 22.7 Å². The van der Waals surface area contributed by atoms with Gasteiger partial charge in [0.2, 0.25) is 11.9 Å². The number of anilines is 2. The molecule has 0 spiro atoms. The lowest BCUT2D eigenvalue weighted by molar-refractivity contribution is 0.990. The summed E-state index contributed by atoms with van der Waals surface area (Å²) in [5, 5.41) is 18.4. The summed E-state index contributed by atoms with van der Waals surface area (Å²) in [6, 6.07) is 0. The topological polar surface area (TPSA) is 155 Å². The summed E-state index contributed by atoms with van der Waals surface area (Å²) < 4.78 is 0.945. The maximum absolute atomic E-state index is 5.30. The summed E-state index contributed by atoms with van der Waals surface area (Å²) in [7, 11) is 0. The van der Waals surface area contributed by atoms with Crippen molar-refractivity contribution in [1.29, 1.82) is 0 Å². The summed E-state index contributed by atoms with van der Waals surface area (Å²) in [6.07, 6.45) is 6.52. The smallest absolute Gasteiger partial charge is 0.240 e. The number of halogens is 1. The second kappa shape index (κ2) is 7.96. The first-order valence-electron chi connectivity index (χ1n) is 6.54. The van der Waals surface area contributed by atoms with E-state index in [0.717, 1.165) is 13.8 Å². The molecule has 0 amide bonds. The van der Waals surface area contributed by atoms with Crippen LogP contribution in [0.25, 0.3) is 21.4 Å². The molecular weight excluding hydrogens is 428 g/mol. The minimum absolute atomic E-state index is 0.166. The molecule has 0 aromatic carbocycles. The summed E-state index contributed by atoms with van der Waals surface area (Å²) >= 11 is 6.26. The second-order valence-corrected chi connectivity index (χ2v) is 7.51. The Hall–Kier alpha value is -2.64. The van der Waals surface area contributed by atoms with E-state index in [1.54, 1.807) is 24.8 Å². The molecular formula is C12H9BrN10S2. The molecule has 0 aliphatic heterocycles. The van der Waals surface area contributed by atoms with E-state index in [4.69, 9.17) is 11.5 Å². The molecule has 126 valence electrons. The minimum Gasteiger partial charge on any atom is -0.366 e. The van der Waals surface area contributed by atoms with Gasteiger partial charge in [0.15, 0.2) is 0 Å². The Balaban J connectivity index is 0.000000146. The molecule has 0 saturated heterocycles. The predicted octanol–water partition coefficient (Wildman–Crippen LogP) is 1.92. The van der Waals surface area contributed by atoms with Crippen molar-refractivity contribution in [3.8, 4) is 21.4 Å². The van der Waals surface area contributed by atoms with Gasteiger partial charge >= 0.3 is 0 Å². The van der Waals surface area contributed by atoms with E-state index in [1.807, 2.05) is 5.38 Å². The van der Waals surface area contributed by atoms with Crippen LogP contribution in [0.2, 0.25) is 0 Å². The Morgan fingerprint density at radius 1 is 0.760 bits per heavy atom. The van der Waals surface area contributed by atoms with Gasteiger partial charge in [-0.25, -0.2) is 19.9 Å². The van der Waals surface area contributed by atoms with Crippen LogP contribution in [0.5, 0.6) is 0 Å². The lowest BCUT2D eigenvalue weighted by Crippen LogP contribution is -1.97. The SMILES string of the molecule is Nc1ncc(-c2ncc(Br)s2)nn1.Nc1ncc(-c2nccs2)nn1. The van der Waals surface area contributed by atoms with E-state index in [2.05, 4.69) is 56.3 Å². The fourth-order valence-corrected chi connectivity index (χ4v) is 3.23. The number of aromatic nitrogens is 8. The highest BCUT2D eigenvalue weighted by atomic mass is 79.9. The predicted molar refractivity (Wildman–Crippen MR) is 98.4 cm³/mol. The molecule has 0 saturated carbocycles. The molecule has 13 heteroatoms. The van der Waals surface area contributed by atoms with Crippen molar-refractivity contribution in [2.24, 2.45) is 0 Å². The van der Waals surface area contributed by atoms with E-state index in [-0.39, 0.29) is 11.9 Å². The first-order valence-corrected chi connectivity index (χ1v) is 9.02. The highest BCUT2D eigenvalue weighted by molar-refractivity contribution is 9.11. The van der Waals surface area contributed by atoms with Crippen LogP contribution in [0.15, 0.2) is 34.0 Å². The van der Waals surface area contributed by atoms with Crippen molar-refractivity contribution in [2.45, 2.75) is 0 Å². The Morgan fingerprint density at radius 3 is 1.84 bits per heavy atom. The van der Waals surface area contributed by atoms with Gasteiger partial charge < -0.3 is 11.5 Å². The third kappa shape index (κ3) is 4.68. The molecule has 4 aromatic heterocycles.